The molecule has 0 saturated carbocycles. The van der Waals surface area contributed by atoms with E-state index in [0.717, 1.165) is 0 Å². The molecule has 1 rings (SSSR count). The zero-order chi connectivity index (χ0) is 8.27. The van der Waals surface area contributed by atoms with Gasteiger partial charge in [-0.2, -0.15) is 0 Å². The van der Waals surface area contributed by atoms with Crippen LogP contribution in [0, 0.1) is 0 Å². The number of rotatable bonds is 2. The summed E-state index contributed by atoms with van der Waals surface area (Å²) in [5.41, 5.74) is 0. The highest BCUT2D eigenvalue weighted by Crippen LogP contribution is 1.85. The summed E-state index contributed by atoms with van der Waals surface area (Å²) in [4.78, 5) is 10.5. The van der Waals surface area contributed by atoms with Gasteiger partial charge < -0.3 is 0 Å². The lowest BCUT2D eigenvalue weighted by molar-refractivity contribution is -0.670. The van der Waals surface area contributed by atoms with E-state index in [1.807, 2.05) is 34.9 Å². The standard InChI is InChI=1S/C8H11N2O/c1-8(11)3-4-10-6-5-9(2)7-10/h3-7H,1-2H3/q+1/b4-3+. The summed E-state index contributed by atoms with van der Waals surface area (Å²) in [6.07, 6.45) is 8.91. The number of carbonyl (C=O) groups excluding carboxylic acids is 1. The smallest absolute Gasteiger partial charge is 0.248 e. The maximum absolute atomic E-state index is 10.5. The monoisotopic (exact) mass is 151 g/mol. The molecular weight excluding hydrogens is 140 g/mol. The zero-order valence-electron chi connectivity index (χ0n) is 6.69. The quantitative estimate of drug-likeness (QED) is 0.443. The molecule has 0 radical (unpaired) electrons. The predicted octanol–water partition coefficient (Wildman–Crippen LogP) is 0.372. The van der Waals surface area contributed by atoms with Crippen LogP contribution in [0.2, 0.25) is 0 Å². The predicted molar refractivity (Wildman–Crippen MR) is 41.6 cm³/mol. The van der Waals surface area contributed by atoms with Gasteiger partial charge in [0.15, 0.2) is 5.78 Å². The molecule has 0 spiro atoms. The second-order valence-corrected chi connectivity index (χ2v) is 2.45. The Bertz CT molecular complexity index is 286. The van der Waals surface area contributed by atoms with Gasteiger partial charge in [-0.3, -0.25) is 4.79 Å². The summed E-state index contributed by atoms with van der Waals surface area (Å²) in [5.74, 6) is 0.0568. The van der Waals surface area contributed by atoms with E-state index in [1.165, 1.54) is 13.0 Å². The Kier molecular flexibility index (Phi) is 2.21. The summed E-state index contributed by atoms with van der Waals surface area (Å²) in [7, 11) is 1.93. The van der Waals surface area contributed by atoms with Crippen molar-refractivity contribution in [1.82, 2.24) is 4.57 Å². The summed E-state index contributed by atoms with van der Waals surface area (Å²) in [5, 5.41) is 0. The van der Waals surface area contributed by atoms with Gasteiger partial charge in [0.05, 0.1) is 13.2 Å². The lowest BCUT2D eigenvalue weighted by Gasteiger charge is -1.79. The number of hydrogen-bond donors (Lipinski definition) is 0. The molecule has 0 aliphatic heterocycles. The highest BCUT2D eigenvalue weighted by molar-refractivity contribution is 5.89. The van der Waals surface area contributed by atoms with Crippen LogP contribution in [-0.2, 0) is 11.8 Å². The van der Waals surface area contributed by atoms with Crippen LogP contribution >= 0.6 is 0 Å². The Hall–Kier alpha value is -1.38. The number of carbonyl (C=O) groups is 1. The van der Waals surface area contributed by atoms with Crippen LogP contribution in [0.25, 0.3) is 6.20 Å². The molecule has 0 aromatic carbocycles. The first-order valence-electron chi connectivity index (χ1n) is 3.40. The highest BCUT2D eigenvalue weighted by Gasteiger charge is 1.93. The van der Waals surface area contributed by atoms with Crippen LogP contribution in [0.1, 0.15) is 6.92 Å². The first-order chi connectivity index (χ1) is 5.18. The van der Waals surface area contributed by atoms with E-state index < -0.39 is 0 Å². The van der Waals surface area contributed by atoms with Gasteiger partial charge in [-0.05, 0) is 6.92 Å². The number of imidazole rings is 1. The highest BCUT2D eigenvalue weighted by atomic mass is 16.1. The van der Waals surface area contributed by atoms with Gasteiger partial charge in [0, 0.05) is 6.08 Å². The SMILES string of the molecule is CC(=O)/C=C/n1cc[n+](C)c1. The maximum Gasteiger partial charge on any atom is 0.248 e. The fourth-order valence-electron chi connectivity index (χ4n) is 0.749. The Balaban J connectivity index is 2.71. The summed E-state index contributed by atoms with van der Waals surface area (Å²) >= 11 is 0. The van der Waals surface area contributed by atoms with Crippen molar-refractivity contribution in [1.29, 1.82) is 0 Å². The fourth-order valence-corrected chi connectivity index (χ4v) is 0.749. The number of hydrogen-bond acceptors (Lipinski definition) is 1. The summed E-state index contributed by atoms with van der Waals surface area (Å²) in [6.45, 7) is 1.53. The van der Waals surface area contributed by atoms with Crippen LogP contribution < -0.4 is 4.57 Å². The molecule has 0 unspecified atom stereocenters. The van der Waals surface area contributed by atoms with Crippen LogP contribution in [0.5, 0.6) is 0 Å². The van der Waals surface area contributed by atoms with Crippen molar-refractivity contribution in [3.8, 4) is 0 Å². The van der Waals surface area contributed by atoms with E-state index in [2.05, 4.69) is 0 Å². The maximum atomic E-state index is 10.5. The molecule has 0 aliphatic rings. The average molecular weight is 151 g/mol. The third-order valence-corrected chi connectivity index (χ3v) is 1.27. The molecule has 0 aliphatic carbocycles. The number of nitrogens with zero attached hydrogens (tertiary/aromatic N) is 2. The number of allylic oxidation sites excluding steroid dienone is 1. The Morgan fingerprint density at radius 3 is 2.82 bits per heavy atom. The summed E-state index contributed by atoms with van der Waals surface area (Å²) in [6, 6.07) is 0. The third kappa shape index (κ3) is 2.37. The van der Waals surface area contributed by atoms with Crippen molar-refractivity contribution in [2.75, 3.05) is 0 Å². The Morgan fingerprint density at radius 2 is 2.36 bits per heavy atom. The molecule has 0 atom stereocenters. The molecule has 0 saturated heterocycles. The molecule has 3 heteroatoms. The normalized spacial score (nSPS) is 10.7. The number of aryl methyl sites for hydroxylation is 1. The minimum atomic E-state index is 0.0568. The first kappa shape index (κ1) is 7.72. The molecule has 1 heterocycles. The van der Waals surface area contributed by atoms with Crippen LogP contribution in [0.4, 0.5) is 0 Å². The van der Waals surface area contributed by atoms with Gasteiger partial charge in [-0.15, -0.1) is 0 Å². The van der Waals surface area contributed by atoms with Crippen molar-refractivity contribution < 1.29 is 9.36 Å². The molecule has 0 bridgehead atoms. The summed E-state index contributed by atoms with van der Waals surface area (Å²) < 4.78 is 3.73. The van der Waals surface area contributed by atoms with Crippen LogP contribution in [-0.4, -0.2) is 10.4 Å². The molecule has 0 N–H and O–H groups in total. The van der Waals surface area contributed by atoms with Crippen molar-refractivity contribution in [3.05, 3.63) is 24.8 Å². The van der Waals surface area contributed by atoms with E-state index >= 15 is 0 Å². The number of aromatic nitrogens is 2. The van der Waals surface area contributed by atoms with Crippen molar-refractivity contribution in [2.45, 2.75) is 6.92 Å². The van der Waals surface area contributed by atoms with Gasteiger partial charge in [0.1, 0.15) is 12.4 Å². The Morgan fingerprint density at radius 1 is 1.64 bits per heavy atom. The second kappa shape index (κ2) is 3.14. The zero-order valence-corrected chi connectivity index (χ0v) is 6.69. The first-order valence-corrected chi connectivity index (χ1v) is 3.40. The molecular formula is C8H11N2O+. The number of ketones is 1. The van der Waals surface area contributed by atoms with Gasteiger partial charge in [-0.1, -0.05) is 0 Å². The van der Waals surface area contributed by atoms with Crippen molar-refractivity contribution in [3.63, 3.8) is 0 Å². The van der Waals surface area contributed by atoms with Gasteiger partial charge >= 0.3 is 0 Å². The van der Waals surface area contributed by atoms with Crippen molar-refractivity contribution >= 4 is 12.0 Å². The van der Waals surface area contributed by atoms with E-state index in [4.69, 9.17) is 0 Å². The van der Waals surface area contributed by atoms with E-state index in [0.29, 0.717) is 0 Å². The molecule has 58 valence electrons. The molecule has 11 heavy (non-hydrogen) atoms. The largest absolute Gasteiger partial charge is 0.295 e. The second-order valence-electron chi connectivity index (χ2n) is 2.45. The lowest BCUT2D eigenvalue weighted by atomic mass is 10.4. The molecule has 0 fully saturated rings. The molecule has 1 aromatic rings. The lowest BCUT2D eigenvalue weighted by Crippen LogP contribution is -2.23. The molecule has 1 aromatic heterocycles. The van der Waals surface area contributed by atoms with Gasteiger partial charge in [0.25, 0.3) is 0 Å². The van der Waals surface area contributed by atoms with Crippen LogP contribution in [0.15, 0.2) is 24.8 Å². The topological polar surface area (TPSA) is 25.9 Å². The minimum absolute atomic E-state index is 0.0568. The van der Waals surface area contributed by atoms with Crippen LogP contribution in [0.3, 0.4) is 0 Å². The Labute approximate surface area is 65.6 Å². The minimum Gasteiger partial charge on any atom is -0.295 e. The van der Waals surface area contributed by atoms with E-state index in [1.54, 1.807) is 6.20 Å². The van der Waals surface area contributed by atoms with Gasteiger partial charge in [0.2, 0.25) is 6.33 Å². The van der Waals surface area contributed by atoms with Crippen molar-refractivity contribution in [2.24, 2.45) is 7.05 Å². The third-order valence-electron chi connectivity index (χ3n) is 1.27. The molecule has 3 nitrogen and oxygen atoms in total. The van der Waals surface area contributed by atoms with Gasteiger partial charge in [-0.25, -0.2) is 9.13 Å². The van der Waals surface area contributed by atoms with E-state index in [-0.39, 0.29) is 5.78 Å². The van der Waals surface area contributed by atoms with E-state index in [9.17, 15) is 4.79 Å². The average Bonchev–Trinajstić information content (AvgIpc) is 2.31. The fraction of sp³-hybridized carbons (Fsp3) is 0.250. The molecule has 0 amide bonds.